The van der Waals surface area contributed by atoms with E-state index in [4.69, 9.17) is 5.73 Å². The van der Waals surface area contributed by atoms with E-state index in [0.717, 1.165) is 17.9 Å². The number of nitrogens with two attached hydrogens (primary N) is 1. The summed E-state index contributed by atoms with van der Waals surface area (Å²) in [6.07, 6.45) is 4.05. The molecule has 1 rings (SSSR count). The highest BCUT2D eigenvalue weighted by Gasteiger charge is 2.08. The molecule has 0 aliphatic rings. The van der Waals surface area contributed by atoms with Gasteiger partial charge in [0.1, 0.15) is 0 Å². The third-order valence-corrected chi connectivity index (χ3v) is 3.93. The first-order chi connectivity index (χ1) is 7.11. The summed E-state index contributed by atoms with van der Waals surface area (Å²) >= 11 is 1.95. The molecule has 0 saturated heterocycles. The summed E-state index contributed by atoms with van der Waals surface area (Å²) in [5, 5.41) is 5.03. The largest absolute Gasteiger partial charge is 0.327 e. The van der Waals surface area contributed by atoms with Crippen LogP contribution in [0, 0.1) is 0 Å². The lowest BCUT2D eigenvalue weighted by molar-refractivity contribution is 0.690. The molecule has 1 heterocycles. The maximum Gasteiger partial charge on any atom is 0.0640 e. The number of hydrogen-bond donors (Lipinski definition) is 1. The monoisotopic (exact) mass is 227 g/mol. The zero-order valence-corrected chi connectivity index (χ0v) is 10.6. The second kappa shape index (κ2) is 6.18. The average Bonchev–Trinajstić information content (AvgIpc) is 2.60. The Morgan fingerprint density at radius 1 is 1.60 bits per heavy atom. The second-order valence-electron chi connectivity index (χ2n) is 4.00. The van der Waals surface area contributed by atoms with Crippen molar-refractivity contribution in [1.82, 2.24) is 9.78 Å². The first-order valence-corrected chi connectivity index (χ1v) is 6.52. The van der Waals surface area contributed by atoms with Crippen LogP contribution in [0.3, 0.4) is 0 Å². The van der Waals surface area contributed by atoms with Crippen LogP contribution >= 0.6 is 11.8 Å². The van der Waals surface area contributed by atoms with Crippen molar-refractivity contribution in [3.63, 3.8) is 0 Å². The van der Waals surface area contributed by atoms with Crippen LogP contribution in [0.25, 0.3) is 0 Å². The van der Waals surface area contributed by atoms with Crippen molar-refractivity contribution in [3.05, 3.63) is 18.0 Å². The predicted octanol–water partition coefficient (Wildman–Crippen LogP) is 1.82. The van der Waals surface area contributed by atoms with Gasteiger partial charge in [-0.3, -0.25) is 4.68 Å². The van der Waals surface area contributed by atoms with Gasteiger partial charge in [-0.05, 0) is 12.5 Å². The molecule has 1 aromatic heterocycles. The van der Waals surface area contributed by atoms with Crippen molar-refractivity contribution in [3.8, 4) is 0 Å². The molecule has 0 spiro atoms. The van der Waals surface area contributed by atoms with Crippen LogP contribution in [0.1, 0.15) is 26.0 Å². The van der Waals surface area contributed by atoms with Crippen LogP contribution in [-0.2, 0) is 13.5 Å². The molecule has 2 unspecified atom stereocenters. The molecule has 0 aromatic carbocycles. The lowest BCUT2D eigenvalue weighted by Crippen LogP contribution is -2.26. The number of aromatic nitrogens is 2. The number of thioether (sulfide) groups is 1. The minimum absolute atomic E-state index is 0.221. The van der Waals surface area contributed by atoms with Gasteiger partial charge in [0, 0.05) is 36.7 Å². The summed E-state index contributed by atoms with van der Waals surface area (Å²) in [5.74, 6) is 1.02. The molecule has 0 saturated carbocycles. The highest BCUT2D eigenvalue weighted by atomic mass is 32.2. The molecular formula is C11H21N3S. The van der Waals surface area contributed by atoms with Gasteiger partial charge in [0.25, 0.3) is 0 Å². The zero-order valence-electron chi connectivity index (χ0n) is 9.81. The molecular weight excluding hydrogens is 206 g/mol. The highest BCUT2D eigenvalue weighted by molar-refractivity contribution is 7.99. The Labute approximate surface area is 96.4 Å². The van der Waals surface area contributed by atoms with Gasteiger partial charge in [-0.15, -0.1) is 0 Å². The van der Waals surface area contributed by atoms with E-state index in [-0.39, 0.29) is 6.04 Å². The molecule has 1 aromatic rings. The average molecular weight is 227 g/mol. The van der Waals surface area contributed by atoms with Gasteiger partial charge < -0.3 is 5.73 Å². The number of aryl methyl sites for hydroxylation is 1. The van der Waals surface area contributed by atoms with Crippen LogP contribution in [0.4, 0.5) is 0 Å². The second-order valence-corrected chi connectivity index (χ2v) is 5.47. The Balaban J connectivity index is 2.27. The van der Waals surface area contributed by atoms with Crippen LogP contribution in [0.2, 0.25) is 0 Å². The Hall–Kier alpha value is -0.480. The predicted molar refractivity (Wildman–Crippen MR) is 67.1 cm³/mol. The smallest absolute Gasteiger partial charge is 0.0640 e. The molecule has 0 radical (unpaired) electrons. The first-order valence-electron chi connectivity index (χ1n) is 5.47. The summed E-state index contributed by atoms with van der Waals surface area (Å²) in [5.41, 5.74) is 7.14. The fourth-order valence-corrected chi connectivity index (χ4v) is 2.23. The van der Waals surface area contributed by atoms with Gasteiger partial charge in [-0.1, -0.05) is 13.8 Å². The van der Waals surface area contributed by atoms with E-state index < -0.39 is 0 Å². The van der Waals surface area contributed by atoms with E-state index in [2.05, 4.69) is 18.9 Å². The first kappa shape index (κ1) is 12.6. The molecule has 3 nitrogen and oxygen atoms in total. The maximum absolute atomic E-state index is 6.05. The SMILES string of the molecule is CCC(C)SCC(N)Cc1ccn(C)n1. The molecule has 86 valence electrons. The molecule has 0 aliphatic carbocycles. The van der Waals surface area contributed by atoms with E-state index in [1.54, 1.807) is 0 Å². The van der Waals surface area contributed by atoms with Gasteiger partial charge in [0.2, 0.25) is 0 Å². The van der Waals surface area contributed by atoms with E-state index >= 15 is 0 Å². The maximum atomic E-state index is 6.05. The van der Waals surface area contributed by atoms with Crippen molar-refractivity contribution in [2.75, 3.05) is 5.75 Å². The summed E-state index contributed by atoms with van der Waals surface area (Å²) in [6, 6.07) is 2.26. The van der Waals surface area contributed by atoms with Gasteiger partial charge >= 0.3 is 0 Å². The van der Waals surface area contributed by atoms with Crippen LogP contribution in [-0.4, -0.2) is 26.8 Å². The quantitative estimate of drug-likeness (QED) is 0.806. The normalized spacial score (nSPS) is 15.2. The number of nitrogens with zero attached hydrogens (tertiary/aromatic N) is 2. The third kappa shape index (κ3) is 4.71. The Morgan fingerprint density at radius 3 is 2.87 bits per heavy atom. The van der Waals surface area contributed by atoms with E-state index in [0.29, 0.717) is 5.25 Å². The summed E-state index contributed by atoms with van der Waals surface area (Å²) in [7, 11) is 1.93. The number of rotatable bonds is 6. The zero-order chi connectivity index (χ0) is 11.3. The van der Waals surface area contributed by atoms with E-state index in [1.807, 2.05) is 35.8 Å². The topological polar surface area (TPSA) is 43.8 Å². The van der Waals surface area contributed by atoms with E-state index in [9.17, 15) is 0 Å². The molecule has 0 amide bonds. The van der Waals surface area contributed by atoms with Crippen LogP contribution in [0.15, 0.2) is 12.3 Å². The summed E-state index contributed by atoms with van der Waals surface area (Å²) in [4.78, 5) is 0. The van der Waals surface area contributed by atoms with Gasteiger partial charge in [-0.2, -0.15) is 16.9 Å². The van der Waals surface area contributed by atoms with Crippen LogP contribution in [0.5, 0.6) is 0 Å². The Bertz CT molecular complexity index is 285. The van der Waals surface area contributed by atoms with Crippen molar-refractivity contribution in [1.29, 1.82) is 0 Å². The standard InChI is InChI=1S/C11H21N3S/c1-4-9(2)15-8-10(12)7-11-5-6-14(3)13-11/h5-6,9-10H,4,7-8,12H2,1-3H3. The fourth-order valence-electron chi connectivity index (χ4n) is 1.31. The van der Waals surface area contributed by atoms with Crippen molar-refractivity contribution in [2.45, 2.75) is 38.0 Å². The lowest BCUT2D eigenvalue weighted by Gasteiger charge is -2.13. The molecule has 2 N–H and O–H groups in total. The molecule has 2 atom stereocenters. The minimum Gasteiger partial charge on any atom is -0.327 e. The van der Waals surface area contributed by atoms with Gasteiger partial charge in [-0.25, -0.2) is 0 Å². The molecule has 0 bridgehead atoms. The lowest BCUT2D eigenvalue weighted by atomic mass is 10.2. The summed E-state index contributed by atoms with van der Waals surface area (Å²) in [6.45, 7) is 4.46. The highest BCUT2D eigenvalue weighted by Crippen LogP contribution is 2.15. The van der Waals surface area contributed by atoms with E-state index in [1.165, 1.54) is 6.42 Å². The Morgan fingerprint density at radius 2 is 2.33 bits per heavy atom. The number of hydrogen-bond acceptors (Lipinski definition) is 3. The van der Waals surface area contributed by atoms with Crippen molar-refractivity contribution in [2.24, 2.45) is 12.8 Å². The molecule has 0 fully saturated rings. The third-order valence-electron chi connectivity index (χ3n) is 2.41. The molecule has 0 aliphatic heterocycles. The molecule has 15 heavy (non-hydrogen) atoms. The minimum atomic E-state index is 0.221. The summed E-state index contributed by atoms with van der Waals surface area (Å²) < 4.78 is 1.82. The van der Waals surface area contributed by atoms with Crippen LogP contribution < -0.4 is 5.73 Å². The van der Waals surface area contributed by atoms with Gasteiger partial charge in [0.15, 0.2) is 0 Å². The Kier molecular flexibility index (Phi) is 5.19. The molecule has 4 heteroatoms. The van der Waals surface area contributed by atoms with Gasteiger partial charge in [0.05, 0.1) is 5.69 Å². The fraction of sp³-hybridized carbons (Fsp3) is 0.727. The van der Waals surface area contributed by atoms with Crippen molar-refractivity contribution >= 4 is 11.8 Å². The van der Waals surface area contributed by atoms with Crippen molar-refractivity contribution < 1.29 is 0 Å².